The van der Waals surface area contributed by atoms with Crippen LogP contribution in [-0.4, -0.2) is 103 Å². The standard InChI is InChI=1S/C24H25N5.3C2HF3O2/c1-27-13-14-28(16-21-9-5-6-12-25-21)17-23(27)24-22-11-10-20(15-29(22)18-26-24)19-7-3-2-4-8-19;3*3-2(4,5)1(6)7/h2-12,15,18,23H,13-14,16-17H2,1H3;3*(H,6,7). The smallest absolute Gasteiger partial charge is 0.475 e. The molecule has 1 unspecified atom stereocenters. The zero-order valence-corrected chi connectivity index (χ0v) is 25.6. The summed E-state index contributed by atoms with van der Waals surface area (Å²) in [4.78, 5) is 40.9. The Bertz CT molecular complexity index is 1640. The lowest BCUT2D eigenvalue weighted by Crippen LogP contribution is -2.46. The Kier molecular flexibility index (Phi) is 14.3. The molecule has 0 saturated carbocycles. The van der Waals surface area contributed by atoms with Gasteiger partial charge < -0.3 is 19.7 Å². The summed E-state index contributed by atoms with van der Waals surface area (Å²) in [7, 11) is 2.20. The largest absolute Gasteiger partial charge is 0.490 e. The Morgan fingerprint density at radius 1 is 0.720 bits per heavy atom. The first-order valence-electron chi connectivity index (χ1n) is 13.9. The number of likely N-dealkylation sites (N-methyl/N-ethyl adjacent to an activating group) is 1. The molecule has 1 aliphatic rings. The van der Waals surface area contributed by atoms with E-state index in [9.17, 15) is 39.5 Å². The fraction of sp³-hybridized carbons (Fsp3) is 0.300. The van der Waals surface area contributed by atoms with Gasteiger partial charge in [0.05, 0.1) is 29.3 Å². The highest BCUT2D eigenvalue weighted by molar-refractivity contribution is 5.73. The second-order valence-electron chi connectivity index (χ2n) is 10.2. The number of fused-ring (bicyclic) bond motifs is 1. The van der Waals surface area contributed by atoms with Crippen LogP contribution < -0.4 is 0 Å². The minimum absolute atomic E-state index is 0.278. The van der Waals surface area contributed by atoms with Gasteiger partial charge in [-0.3, -0.25) is 14.8 Å². The van der Waals surface area contributed by atoms with Crippen LogP contribution >= 0.6 is 0 Å². The number of hydrogen-bond acceptors (Lipinski definition) is 7. The van der Waals surface area contributed by atoms with Gasteiger partial charge in [-0.1, -0.05) is 42.5 Å². The molecule has 272 valence electrons. The van der Waals surface area contributed by atoms with Crippen molar-refractivity contribution >= 4 is 23.4 Å². The number of carboxylic acids is 3. The molecule has 0 radical (unpaired) electrons. The number of hydrogen-bond donors (Lipinski definition) is 3. The van der Waals surface area contributed by atoms with Gasteiger partial charge >= 0.3 is 36.4 Å². The molecular weight excluding hydrogens is 697 g/mol. The highest BCUT2D eigenvalue weighted by atomic mass is 19.4. The van der Waals surface area contributed by atoms with Crippen molar-refractivity contribution in [3.05, 3.63) is 90.8 Å². The SMILES string of the molecule is CN1CCN(Cc2ccccn2)CC1c1ncn2cc(-c3ccccc3)ccc12.O=C(O)C(F)(F)F.O=C(O)C(F)(F)F.O=C(O)C(F)(F)F. The minimum atomic E-state index is -5.08. The van der Waals surface area contributed by atoms with Crippen molar-refractivity contribution < 1.29 is 69.2 Å². The van der Waals surface area contributed by atoms with Gasteiger partial charge in [0, 0.05) is 38.6 Å². The number of piperazine rings is 1. The quantitative estimate of drug-likeness (QED) is 0.221. The van der Waals surface area contributed by atoms with Crippen molar-refractivity contribution in [3.63, 3.8) is 0 Å². The number of pyridine rings is 2. The molecule has 1 atom stereocenters. The van der Waals surface area contributed by atoms with E-state index in [1.165, 1.54) is 16.6 Å². The number of halogens is 9. The Balaban J connectivity index is 0.000000338. The fourth-order valence-electron chi connectivity index (χ4n) is 4.17. The van der Waals surface area contributed by atoms with Crippen LogP contribution in [-0.2, 0) is 20.9 Å². The highest BCUT2D eigenvalue weighted by Gasteiger charge is 2.39. The fourth-order valence-corrected chi connectivity index (χ4v) is 4.17. The maximum Gasteiger partial charge on any atom is 0.490 e. The first-order valence-corrected chi connectivity index (χ1v) is 13.9. The molecule has 4 heterocycles. The van der Waals surface area contributed by atoms with Gasteiger partial charge in [0.1, 0.15) is 0 Å². The van der Waals surface area contributed by atoms with Gasteiger partial charge in [0.15, 0.2) is 0 Å². The number of nitrogens with zero attached hydrogens (tertiary/aromatic N) is 5. The summed E-state index contributed by atoms with van der Waals surface area (Å²) in [5.41, 5.74) is 5.88. The third-order valence-electron chi connectivity index (χ3n) is 6.55. The van der Waals surface area contributed by atoms with Gasteiger partial charge in [0.2, 0.25) is 0 Å². The van der Waals surface area contributed by atoms with E-state index >= 15 is 0 Å². The second kappa shape index (κ2) is 17.4. The Morgan fingerprint density at radius 2 is 1.24 bits per heavy atom. The van der Waals surface area contributed by atoms with Crippen LogP contribution in [0.3, 0.4) is 0 Å². The molecule has 1 aromatic carbocycles. The van der Waals surface area contributed by atoms with Crippen molar-refractivity contribution in [1.29, 1.82) is 0 Å². The van der Waals surface area contributed by atoms with E-state index in [1.54, 1.807) is 0 Å². The van der Waals surface area contributed by atoms with E-state index in [1.807, 2.05) is 24.7 Å². The molecular formula is C30H28F9N5O6. The summed E-state index contributed by atoms with van der Waals surface area (Å²) < 4.78 is 97.4. The highest BCUT2D eigenvalue weighted by Crippen LogP contribution is 2.29. The summed E-state index contributed by atoms with van der Waals surface area (Å²) >= 11 is 0. The topological polar surface area (TPSA) is 149 Å². The van der Waals surface area contributed by atoms with Crippen molar-refractivity contribution in [3.8, 4) is 11.1 Å². The zero-order chi connectivity index (χ0) is 37.9. The Labute approximate surface area is 276 Å². The van der Waals surface area contributed by atoms with E-state index in [4.69, 9.17) is 34.7 Å². The molecule has 5 rings (SSSR count). The van der Waals surface area contributed by atoms with Gasteiger partial charge in [-0.2, -0.15) is 39.5 Å². The second-order valence-corrected chi connectivity index (χ2v) is 10.2. The van der Waals surface area contributed by atoms with Gasteiger partial charge in [0.25, 0.3) is 0 Å². The third kappa shape index (κ3) is 13.0. The van der Waals surface area contributed by atoms with Crippen LogP contribution in [0.25, 0.3) is 16.6 Å². The van der Waals surface area contributed by atoms with Crippen LogP contribution in [0.1, 0.15) is 17.4 Å². The monoisotopic (exact) mass is 725 g/mol. The molecule has 0 bridgehead atoms. The lowest BCUT2D eigenvalue weighted by molar-refractivity contribution is -0.193. The first kappa shape index (κ1) is 40.9. The summed E-state index contributed by atoms with van der Waals surface area (Å²) in [6, 6.07) is 21.3. The molecule has 3 N–H and O–H groups in total. The summed E-state index contributed by atoms with van der Waals surface area (Å²) in [6.45, 7) is 3.92. The number of aliphatic carboxylic acids is 3. The summed E-state index contributed by atoms with van der Waals surface area (Å²) in [5, 5.41) is 21.4. The van der Waals surface area contributed by atoms with E-state index in [0.29, 0.717) is 0 Å². The zero-order valence-electron chi connectivity index (χ0n) is 25.6. The van der Waals surface area contributed by atoms with Gasteiger partial charge in [-0.25, -0.2) is 19.4 Å². The molecule has 1 saturated heterocycles. The van der Waals surface area contributed by atoms with Crippen molar-refractivity contribution in [2.24, 2.45) is 0 Å². The average Bonchev–Trinajstić information content (AvgIpc) is 3.46. The molecule has 20 heteroatoms. The molecule has 0 spiro atoms. The number of carbonyl (C=O) groups is 3. The minimum Gasteiger partial charge on any atom is -0.475 e. The van der Waals surface area contributed by atoms with Crippen LogP contribution in [0, 0.1) is 0 Å². The lowest BCUT2D eigenvalue weighted by Gasteiger charge is -2.38. The predicted octanol–water partition coefficient (Wildman–Crippen LogP) is 5.78. The van der Waals surface area contributed by atoms with E-state index in [2.05, 4.69) is 81.0 Å². The molecule has 50 heavy (non-hydrogen) atoms. The van der Waals surface area contributed by atoms with Crippen molar-refractivity contribution in [2.75, 3.05) is 26.7 Å². The van der Waals surface area contributed by atoms with E-state index in [-0.39, 0.29) is 6.04 Å². The van der Waals surface area contributed by atoms with Crippen LogP contribution in [0.2, 0.25) is 0 Å². The third-order valence-corrected chi connectivity index (χ3v) is 6.55. The van der Waals surface area contributed by atoms with Crippen LogP contribution in [0.5, 0.6) is 0 Å². The Hall–Kier alpha value is -5.24. The predicted molar refractivity (Wildman–Crippen MR) is 157 cm³/mol. The number of alkyl halides is 9. The maximum absolute atomic E-state index is 10.6. The number of rotatable bonds is 4. The lowest BCUT2D eigenvalue weighted by atomic mass is 10.1. The normalized spacial score (nSPS) is 15.4. The summed E-state index contributed by atoms with van der Waals surface area (Å²) in [5.74, 6) is -8.27. The van der Waals surface area contributed by atoms with Crippen molar-refractivity contribution in [1.82, 2.24) is 24.2 Å². The van der Waals surface area contributed by atoms with E-state index in [0.717, 1.165) is 37.6 Å². The number of carboxylic acid groups (broad SMARTS) is 3. The maximum atomic E-state index is 10.6. The number of imidazole rings is 1. The molecule has 0 aliphatic carbocycles. The average molecular weight is 726 g/mol. The number of benzene rings is 1. The summed E-state index contributed by atoms with van der Waals surface area (Å²) in [6.07, 6.45) is -9.26. The molecule has 11 nitrogen and oxygen atoms in total. The van der Waals surface area contributed by atoms with Gasteiger partial charge in [-0.15, -0.1) is 0 Å². The number of aromatic nitrogens is 3. The van der Waals surface area contributed by atoms with Crippen LogP contribution in [0.15, 0.2) is 79.4 Å². The first-order chi connectivity index (χ1) is 23.1. The molecule has 3 aromatic heterocycles. The van der Waals surface area contributed by atoms with E-state index < -0.39 is 36.4 Å². The molecule has 0 amide bonds. The Morgan fingerprint density at radius 3 is 1.72 bits per heavy atom. The molecule has 1 aliphatic heterocycles. The molecule has 1 fully saturated rings. The molecule has 4 aromatic rings. The van der Waals surface area contributed by atoms with Crippen molar-refractivity contribution in [2.45, 2.75) is 31.1 Å². The van der Waals surface area contributed by atoms with Gasteiger partial charge in [-0.05, 0) is 36.4 Å². The van der Waals surface area contributed by atoms with Crippen LogP contribution in [0.4, 0.5) is 39.5 Å².